The van der Waals surface area contributed by atoms with E-state index in [2.05, 4.69) is 41.8 Å². The number of anilines is 3. The van der Waals surface area contributed by atoms with Crippen molar-refractivity contribution in [1.29, 1.82) is 0 Å². The lowest BCUT2D eigenvalue weighted by Gasteiger charge is -2.37. The average molecular weight is 376 g/mol. The number of carboxylic acids is 1. The van der Waals surface area contributed by atoms with Gasteiger partial charge < -0.3 is 20.6 Å². The zero-order chi connectivity index (χ0) is 19.8. The Kier molecular flexibility index (Phi) is 4.55. The van der Waals surface area contributed by atoms with E-state index in [1.165, 1.54) is 16.8 Å². The minimum atomic E-state index is -0.965. The molecule has 6 heteroatoms. The maximum absolute atomic E-state index is 11.8. The molecule has 0 amide bonds. The standard InChI is InChI=1S/C22H24N4O2/c1-14-3-4-15(2)20(11-14)25-7-9-26(10-8-25)21-13-18(22(27)28)17-12-16(23)5-6-19(17)24-21/h3-6,11-13H,7-10,23H2,1-2H3,(H,27,28). The van der Waals surface area contributed by atoms with Crippen molar-refractivity contribution in [2.24, 2.45) is 0 Å². The van der Waals surface area contributed by atoms with E-state index >= 15 is 0 Å². The summed E-state index contributed by atoms with van der Waals surface area (Å²) in [4.78, 5) is 21.0. The lowest BCUT2D eigenvalue weighted by Crippen LogP contribution is -2.47. The second-order valence-electron chi connectivity index (χ2n) is 7.37. The molecule has 0 atom stereocenters. The fraction of sp³-hybridized carbons (Fsp3) is 0.273. The van der Waals surface area contributed by atoms with Crippen LogP contribution in [0.5, 0.6) is 0 Å². The van der Waals surface area contributed by atoms with Gasteiger partial charge in [0.05, 0.1) is 11.1 Å². The molecule has 1 aliphatic rings. The first-order valence-electron chi connectivity index (χ1n) is 9.43. The summed E-state index contributed by atoms with van der Waals surface area (Å²) in [5.41, 5.74) is 11.1. The smallest absolute Gasteiger partial charge is 0.336 e. The molecule has 1 aliphatic heterocycles. The number of fused-ring (bicyclic) bond motifs is 1. The predicted molar refractivity (Wildman–Crippen MR) is 113 cm³/mol. The van der Waals surface area contributed by atoms with Crippen LogP contribution < -0.4 is 15.5 Å². The number of aryl methyl sites for hydroxylation is 2. The van der Waals surface area contributed by atoms with Crippen molar-refractivity contribution in [2.45, 2.75) is 13.8 Å². The Morgan fingerprint density at radius 2 is 1.71 bits per heavy atom. The number of aromatic carboxylic acids is 1. The Morgan fingerprint density at radius 1 is 1.00 bits per heavy atom. The van der Waals surface area contributed by atoms with Crippen molar-refractivity contribution in [3.8, 4) is 0 Å². The first-order valence-corrected chi connectivity index (χ1v) is 9.43. The number of nitrogen functional groups attached to an aromatic ring is 1. The van der Waals surface area contributed by atoms with E-state index in [4.69, 9.17) is 10.7 Å². The van der Waals surface area contributed by atoms with Crippen LogP contribution in [0.2, 0.25) is 0 Å². The van der Waals surface area contributed by atoms with Crippen LogP contribution >= 0.6 is 0 Å². The van der Waals surface area contributed by atoms with Gasteiger partial charge in [-0.3, -0.25) is 0 Å². The number of piperazine rings is 1. The minimum absolute atomic E-state index is 0.240. The molecule has 0 aliphatic carbocycles. The third-order valence-corrected chi connectivity index (χ3v) is 5.36. The van der Waals surface area contributed by atoms with Gasteiger partial charge in [-0.15, -0.1) is 0 Å². The van der Waals surface area contributed by atoms with Crippen molar-refractivity contribution in [1.82, 2.24) is 4.98 Å². The fourth-order valence-corrected chi connectivity index (χ4v) is 3.80. The third kappa shape index (κ3) is 3.33. The average Bonchev–Trinajstić information content (AvgIpc) is 2.69. The van der Waals surface area contributed by atoms with Crippen LogP contribution in [-0.2, 0) is 0 Å². The number of benzene rings is 2. The number of nitrogens with two attached hydrogens (primary N) is 1. The molecule has 1 aromatic heterocycles. The van der Waals surface area contributed by atoms with E-state index in [0.717, 1.165) is 26.2 Å². The van der Waals surface area contributed by atoms with Crippen LogP contribution in [0.1, 0.15) is 21.5 Å². The molecule has 0 unspecified atom stereocenters. The Balaban J connectivity index is 1.61. The second kappa shape index (κ2) is 7.03. The highest BCUT2D eigenvalue weighted by atomic mass is 16.4. The van der Waals surface area contributed by atoms with Gasteiger partial charge in [0.15, 0.2) is 0 Å². The molecular weight excluding hydrogens is 352 g/mol. The lowest BCUT2D eigenvalue weighted by molar-refractivity contribution is 0.0699. The highest BCUT2D eigenvalue weighted by Crippen LogP contribution is 2.27. The number of aromatic nitrogens is 1. The lowest BCUT2D eigenvalue weighted by atomic mass is 10.1. The number of nitrogens with zero attached hydrogens (tertiary/aromatic N) is 3. The van der Waals surface area contributed by atoms with Gasteiger partial charge in [0.2, 0.25) is 0 Å². The molecule has 3 N–H and O–H groups in total. The molecule has 0 saturated carbocycles. The molecule has 0 bridgehead atoms. The van der Waals surface area contributed by atoms with E-state index in [1.54, 1.807) is 24.3 Å². The van der Waals surface area contributed by atoms with E-state index in [9.17, 15) is 9.90 Å². The minimum Gasteiger partial charge on any atom is -0.478 e. The Bertz CT molecular complexity index is 1060. The van der Waals surface area contributed by atoms with Crippen LogP contribution in [0.25, 0.3) is 10.9 Å². The van der Waals surface area contributed by atoms with E-state index < -0.39 is 5.97 Å². The summed E-state index contributed by atoms with van der Waals surface area (Å²) in [5.74, 6) is -0.261. The van der Waals surface area contributed by atoms with Gasteiger partial charge in [0, 0.05) is 42.9 Å². The molecule has 6 nitrogen and oxygen atoms in total. The van der Waals surface area contributed by atoms with Gasteiger partial charge in [-0.25, -0.2) is 9.78 Å². The molecule has 4 rings (SSSR count). The maximum atomic E-state index is 11.8. The van der Waals surface area contributed by atoms with E-state index in [-0.39, 0.29) is 5.56 Å². The predicted octanol–water partition coefficient (Wildman–Crippen LogP) is 3.46. The number of pyridine rings is 1. The van der Waals surface area contributed by atoms with Crippen molar-refractivity contribution in [3.05, 3.63) is 59.2 Å². The summed E-state index contributed by atoms with van der Waals surface area (Å²) >= 11 is 0. The van der Waals surface area contributed by atoms with Gasteiger partial charge in [-0.05, 0) is 55.3 Å². The highest BCUT2D eigenvalue weighted by Gasteiger charge is 2.22. The monoisotopic (exact) mass is 376 g/mol. The molecule has 144 valence electrons. The topological polar surface area (TPSA) is 82.7 Å². The quantitative estimate of drug-likeness (QED) is 0.681. The number of rotatable bonds is 3. The molecule has 28 heavy (non-hydrogen) atoms. The first-order chi connectivity index (χ1) is 13.4. The summed E-state index contributed by atoms with van der Waals surface area (Å²) in [6.45, 7) is 7.57. The molecule has 2 aromatic carbocycles. The molecular formula is C22H24N4O2. The third-order valence-electron chi connectivity index (χ3n) is 5.36. The molecule has 0 radical (unpaired) electrons. The molecule has 0 spiro atoms. The van der Waals surface area contributed by atoms with Crippen LogP contribution in [0.3, 0.4) is 0 Å². The summed E-state index contributed by atoms with van der Waals surface area (Å²) in [6.07, 6.45) is 0. The highest BCUT2D eigenvalue weighted by molar-refractivity contribution is 6.04. The Labute approximate surface area is 164 Å². The van der Waals surface area contributed by atoms with Crippen LogP contribution in [-0.4, -0.2) is 42.2 Å². The maximum Gasteiger partial charge on any atom is 0.336 e. The van der Waals surface area contributed by atoms with Gasteiger partial charge in [-0.1, -0.05) is 12.1 Å². The number of carboxylic acid groups (broad SMARTS) is 1. The normalized spacial score (nSPS) is 14.5. The van der Waals surface area contributed by atoms with Crippen molar-refractivity contribution < 1.29 is 9.90 Å². The Morgan fingerprint density at radius 3 is 2.43 bits per heavy atom. The summed E-state index contributed by atoms with van der Waals surface area (Å²) < 4.78 is 0. The summed E-state index contributed by atoms with van der Waals surface area (Å²) in [5, 5.41) is 10.2. The zero-order valence-corrected chi connectivity index (χ0v) is 16.1. The largest absolute Gasteiger partial charge is 0.478 e. The first kappa shape index (κ1) is 18.1. The van der Waals surface area contributed by atoms with E-state index in [0.29, 0.717) is 22.4 Å². The van der Waals surface area contributed by atoms with Gasteiger partial charge in [0.25, 0.3) is 0 Å². The Hall–Kier alpha value is -3.28. The van der Waals surface area contributed by atoms with E-state index in [1.807, 2.05) is 0 Å². The molecule has 2 heterocycles. The number of hydrogen-bond donors (Lipinski definition) is 2. The van der Waals surface area contributed by atoms with Gasteiger partial charge >= 0.3 is 5.97 Å². The summed E-state index contributed by atoms with van der Waals surface area (Å²) in [6, 6.07) is 13.4. The SMILES string of the molecule is Cc1ccc(C)c(N2CCN(c3cc(C(=O)O)c4cc(N)ccc4n3)CC2)c1. The fourth-order valence-electron chi connectivity index (χ4n) is 3.80. The molecule has 1 saturated heterocycles. The van der Waals surface area contributed by atoms with Crippen molar-refractivity contribution >= 4 is 34.1 Å². The zero-order valence-electron chi connectivity index (χ0n) is 16.1. The number of carbonyl (C=O) groups is 1. The molecule has 3 aromatic rings. The van der Waals surface area contributed by atoms with Crippen LogP contribution in [0, 0.1) is 13.8 Å². The van der Waals surface area contributed by atoms with Gasteiger partial charge in [-0.2, -0.15) is 0 Å². The van der Waals surface area contributed by atoms with Gasteiger partial charge in [0.1, 0.15) is 5.82 Å². The van der Waals surface area contributed by atoms with Crippen molar-refractivity contribution in [3.63, 3.8) is 0 Å². The van der Waals surface area contributed by atoms with Crippen molar-refractivity contribution in [2.75, 3.05) is 41.7 Å². The summed E-state index contributed by atoms with van der Waals surface area (Å²) in [7, 11) is 0. The van der Waals surface area contributed by atoms with Crippen LogP contribution in [0.4, 0.5) is 17.2 Å². The number of hydrogen-bond acceptors (Lipinski definition) is 5. The van der Waals surface area contributed by atoms with Crippen LogP contribution in [0.15, 0.2) is 42.5 Å². The molecule has 1 fully saturated rings. The second-order valence-corrected chi connectivity index (χ2v) is 7.37.